The molecule has 108 valence electrons. The lowest BCUT2D eigenvalue weighted by molar-refractivity contribution is 0.603. The van der Waals surface area contributed by atoms with E-state index in [2.05, 4.69) is 15.1 Å². The third-order valence-electron chi connectivity index (χ3n) is 2.81. The fraction of sp³-hybridized carbons (Fsp3) is 0.250. The van der Waals surface area contributed by atoms with Gasteiger partial charge in [-0.05, 0) is 31.2 Å². The van der Waals surface area contributed by atoms with E-state index in [0.29, 0.717) is 5.69 Å². The van der Waals surface area contributed by atoms with Gasteiger partial charge in [-0.2, -0.15) is 13.5 Å². The molecule has 1 heterocycles. The summed E-state index contributed by atoms with van der Waals surface area (Å²) in [5, 5.41) is 12.3. The van der Waals surface area contributed by atoms with Crippen LogP contribution in [-0.4, -0.2) is 18.2 Å². The van der Waals surface area contributed by atoms with Crippen LogP contribution in [0, 0.1) is 0 Å². The maximum atomic E-state index is 11.0. The zero-order valence-electron chi connectivity index (χ0n) is 11.2. The standard InChI is InChI=1S/C12H17N5O2S/c1-9(12-6-7-14-17(12)2)15-10-4-3-5-11(8-10)16-20(13,18)19/h3-9,15-16H,1-2H3,(H2,13,18,19). The molecule has 2 rings (SSSR count). The highest BCUT2D eigenvalue weighted by Gasteiger charge is 2.10. The normalized spacial score (nSPS) is 12.9. The van der Waals surface area contributed by atoms with Gasteiger partial charge < -0.3 is 5.32 Å². The van der Waals surface area contributed by atoms with Crippen LogP contribution in [0.1, 0.15) is 18.7 Å². The first-order valence-corrected chi connectivity index (χ1v) is 7.55. The van der Waals surface area contributed by atoms with E-state index in [1.807, 2.05) is 26.1 Å². The van der Waals surface area contributed by atoms with E-state index in [1.54, 1.807) is 29.1 Å². The van der Waals surface area contributed by atoms with Gasteiger partial charge in [0.15, 0.2) is 0 Å². The Kier molecular flexibility index (Phi) is 3.96. The number of aryl methyl sites for hydroxylation is 1. The number of benzene rings is 1. The second kappa shape index (κ2) is 5.51. The lowest BCUT2D eigenvalue weighted by atomic mass is 10.2. The minimum atomic E-state index is -3.76. The van der Waals surface area contributed by atoms with E-state index in [0.717, 1.165) is 11.4 Å². The molecule has 1 atom stereocenters. The molecule has 0 fully saturated rings. The molecule has 0 amide bonds. The Hall–Kier alpha value is -2.06. The summed E-state index contributed by atoms with van der Waals surface area (Å²) < 4.78 is 26.0. The summed E-state index contributed by atoms with van der Waals surface area (Å²) in [5.74, 6) is 0. The Bertz CT molecular complexity index is 695. The minimum absolute atomic E-state index is 0.0345. The van der Waals surface area contributed by atoms with Crippen molar-refractivity contribution in [3.63, 3.8) is 0 Å². The molecule has 1 aromatic heterocycles. The van der Waals surface area contributed by atoms with Gasteiger partial charge in [0, 0.05) is 18.9 Å². The van der Waals surface area contributed by atoms with E-state index >= 15 is 0 Å². The predicted molar refractivity (Wildman–Crippen MR) is 78.4 cm³/mol. The molecule has 7 nitrogen and oxygen atoms in total. The first-order chi connectivity index (χ1) is 9.35. The molecule has 20 heavy (non-hydrogen) atoms. The lowest BCUT2D eigenvalue weighted by Gasteiger charge is -2.16. The van der Waals surface area contributed by atoms with Gasteiger partial charge in [0.1, 0.15) is 0 Å². The Balaban J connectivity index is 2.14. The molecule has 0 aliphatic heterocycles. The number of hydrogen-bond donors (Lipinski definition) is 3. The minimum Gasteiger partial charge on any atom is -0.377 e. The van der Waals surface area contributed by atoms with Crippen LogP contribution in [0.15, 0.2) is 36.5 Å². The van der Waals surface area contributed by atoms with Crippen LogP contribution in [0.5, 0.6) is 0 Å². The van der Waals surface area contributed by atoms with Crippen molar-refractivity contribution in [1.29, 1.82) is 0 Å². The smallest absolute Gasteiger partial charge is 0.296 e. The highest BCUT2D eigenvalue weighted by Crippen LogP contribution is 2.21. The third-order valence-corrected chi connectivity index (χ3v) is 3.33. The van der Waals surface area contributed by atoms with Gasteiger partial charge >= 0.3 is 0 Å². The van der Waals surface area contributed by atoms with E-state index < -0.39 is 10.2 Å². The fourth-order valence-corrected chi connectivity index (χ4v) is 2.42. The predicted octanol–water partition coefficient (Wildman–Crippen LogP) is 1.21. The zero-order chi connectivity index (χ0) is 14.8. The molecule has 0 aliphatic rings. The quantitative estimate of drug-likeness (QED) is 0.771. The van der Waals surface area contributed by atoms with Gasteiger partial charge in [-0.3, -0.25) is 9.40 Å². The molecule has 1 aromatic carbocycles. The summed E-state index contributed by atoms with van der Waals surface area (Å²) in [6.45, 7) is 2.00. The first kappa shape index (κ1) is 14.4. The number of nitrogens with two attached hydrogens (primary N) is 1. The van der Waals surface area contributed by atoms with Crippen LogP contribution in [0.2, 0.25) is 0 Å². The highest BCUT2D eigenvalue weighted by molar-refractivity contribution is 7.90. The summed E-state index contributed by atoms with van der Waals surface area (Å²) in [6.07, 6.45) is 1.73. The first-order valence-electron chi connectivity index (χ1n) is 6.00. The van der Waals surface area contributed by atoms with Crippen LogP contribution < -0.4 is 15.2 Å². The number of aromatic nitrogens is 2. The molecular weight excluding hydrogens is 278 g/mol. The SMILES string of the molecule is CC(Nc1cccc(NS(N)(=O)=O)c1)c1ccnn1C. The molecule has 0 radical (unpaired) electrons. The fourth-order valence-electron chi connectivity index (χ4n) is 1.97. The highest BCUT2D eigenvalue weighted by atomic mass is 32.2. The second-order valence-corrected chi connectivity index (χ2v) is 5.77. The molecule has 0 saturated carbocycles. The summed E-state index contributed by atoms with van der Waals surface area (Å²) in [4.78, 5) is 0. The molecule has 0 bridgehead atoms. The van der Waals surface area contributed by atoms with Gasteiger partial charge in [-0.25, -0.2) is 5.14 Å². The molecule has 0 spiro atoms. The lowest BCUT2D eigenvalue weighted by Crippen LogP contribution is -2.21. The van der Waals surface area contributed by atoms with E-state index in [4.69, 9.17) is 5.14 Å². The Morgan fingerprint density at radius 2 is 2.00 bits per heavy atom. The number of nitrogens with zero attached hydrogens (tertiary/aromatic N) is 2. The molecule has 8 heteroatoms. The second-order valence-electron chi connectivity index (χ2n) is 4.47. The van der Waals surface area contributed by atoms with Crippen LogP contribution in [-0.2, 0) is 17.3 Å². The van der Waals surface area contributed by atoms with Crippen molar-refractivity contribution in [2.75, 3.05) is 10.0 Å². The van der Waals surface area contributed by atoms with Crippen molar-refractivity contribution in [1.82, 2.24) is 9.78 Å². The third kappa shape index (κ3) is 3.72. The van der Waals surface area contributed by atoms with Crippen LogP contribution in [0.3, 0.4) is 0 Å². The summed E-state index contributed by atoms with van der Waals surface area (Å²) in [5.41, 5.74) is 2.22. The molecule has 4 N–H and O–H groups in total. The van der Waals surface area contributed by atoms with Crippen molar-refractivity contribution in [3.05, 3.63) is 42.2 Å². The largest absolute Gasteiger partial charge is 0.377 e. The molecule has 1 unspecified atom stereocenters. The van der Waals surface area contributed by atoms with E-state index in [9.17, 15) is 8.42 Å². The summed E-state index contributed by atoms with van der Waals surface area (Å²) in [6, 6.07) is 8.85. The maximum absolute atomic E-state index is 11.0. The van der Waals surface area contributed by atoms with Gasteiger partial charge in [-0.15, -0.1) is 0 Å². The van der Waals surface area contributed by atoms with Crippen molar-refractivity contribution in [3.8, 4) is 0 Å². The maximum Gasteiger partial charge on any atom is 0.296 e. The van der Waals surface area contributed by atoms with Crippen LogP contribution in [0.4, 0.5) is 11.4 Å². The van der Waals surface area contributed by atoms with Gasteiger partial charge in [0.25, 0.3) is 10.2 Å². The van der Waals surface area contributed by atoms with Crippen molar-refractivity contribution in [2.45, 2.75) is 13.0 Å². The Morgan fingerprint density at radius 1 is 1.30 bits per heavy atom. The Morgan fingerprint density at radius 3 is 2.60 bits per heavy atom. The number of nitrogens with one attached hydrogen (secondary N) is 2. The van der Waals surface area contributed by atoms with Gasteiger partial charge in [0.2, 0.25) is 0 Å². The molecule has 2 aromatic rings. The number of anilines is 2. The molecule has 0 saturated heterocycles. The number of hydrogen-bond acceptors (Lipinski definition) is 4. The van der Waals surface area contributed by atoms with E-state index in [-0.39, 0.29) is 6.04 Å². The van der Waals surface area contributed by atoms with Crippen LogP contribution in [0.25, 0.3) is 0 Å². The van der Waals surface area contributed by atoms with E-state index in [1.165, 1.54) is 0 Å². The van der Waals surface area contributed by atoms with Crippen molar-refractivity contribution >= 4 is 21.6 Å². The Labute approximate surface area is 118 Å². The van der Waals surface area contributed by atoms with Crippen molar-refractivity contribution in [2.24, 2.45) is 12.2 Å². The number of rotatable bonds is 5. The molecular formula is C12H17N5O2S. The molecule has 0 aliphatic carbocycles. The summed E-state index contributed by atoms with van der Waals surface area (Å²) >= 11 is 0. The monoisotopic (exact) mass is 295 g/mol. The average molecular weight is 295 g/mol. The topological polar surface area (TPSA) is 102 Å². The van der Waals surface area contributed by atoms with Crippen LogP contribution >= 0.6 is 0 Å². The average Bonchev–Trinajstić information content (AvgIpc) is 2.73. The van der Waals surface area contributed by atoms with Gasteiger partial charge in [0.05, 0.1) is 17.4 Å². The van der Waals surface area contributed by atoms with Crippen molar-refractivity contribution < 1.29 is 8.42 Å². The zero-order valence-corrected chi connectivity index (χ0v) is 12.1. The van der Waals surface area contributed by atoms with Gasteiger partial charge in [-0.1, -0.05) is 6.07 Å². The summed E-state index contributed by atoms with van der Waals surface area (Å²) in [7, 11) is -1.90.